The number of aryl methyl sites for hydroxylation is 1. The summed E-state index contributed by atoms with van der Waals surface area (Å²) in [5, 5.41) is 12.6. The zero-order valence-corrected chi connectivity index (χ0v) is 9.92. The van der Waals surface area contributed by atoms with Gasteiger partial charge in [-0.3, -0.25) is 0 Å². The SMILES string of the molecule is COc1ccc(C)cc1CNC1(CO)CC1. The number of aliphatic hydroxyl groups excluding tert-OH is 1. The molecule has 3 heteroatoms. The van der Waals surface area contributed by atoms with E-state index >= 15 is 0 Å². The van der Waals surface area contributed by atoms with Gasteiger partial charge in [0.2, 0.25) is 0 Å². The summed E-state index contributed by atoms with van der Waals surface area (Å²) in [5.41, 5.74) is 2.36. The van der Waals surface area contributed by atoms with Crippen LogP contribution in [0.25, 0.3) is 0 Å². The van der Waals surface area contributed by atoms with Crippen molar-refractivity contribution >= 4 is 0 Å². The van der Waals surface area contributed by atoms with Crippen molar-refractivity contribution in [1.29, 1.82) is 0 Å². The molecule has 1 saturated carbocycles. The Balaban J connectivity index is 2.05. The quantitative estimate of drug-likeness (QED) is 0.794. The van der Waals surface area contributed by atoms with Gasteiger partial charge in [0.15, 0.2) is 0 Å². The van der Waals surface area contributed by atoms with E-state index in [0.717, 1.165) is 30.7 Å². The van der Waals surface area contributed by atoms with Gasteiger partial charge in [-0.05, 0) is 25.8 Å². The molecule has 1 fully saturated rings. The average molecular weight is 221 g/mol. The van der Waals surface area contributed by atoms with Crippen LogP contribution in [0.2, 0.25) is 0 Å². The molecule has 2 N–H and O–H groups in total. The summed E-state index contributed by atoms with van der Waals surface area (Å²) in [6.07, 6.45) is 2.13. The highest BCUT2D eigenvalue weighted by Crippen LogP contribution is 2.35. The number of aliphatic hydroxyl groups is 1. The molecule has 1 aliphatic rings. The number of hydrogen-bond acceptors (Lipinski definition) is 3. The molecule has 1 aliphatic carbocycles. The van der Waals surface area contributed by atoms with Gasteiger partial charge in [-0.1, -0.05) is 17.7 Å². The monoisotopic (exact) mass is 221 g/mol. The molecule has 0 aromatic heterocycles. The van der Waals surface area contributed by atoms with Crippen LogP contribution in [0.5, 0.6) is 5.75 Å². The minimum absolute atomic E-state index is 0.0191. The smallest absolute Gasteiger partial charge is 0.123 e. The number of benzene rings is 1. The predicted octanol–water partition coefficient (Wildman–Crippen LogP) is 1.62. The average Bonchev–Trinajstić information content (AvgIpc) is 3.07. The van der Waals surface area contributed by atoms with Crippen LogP contribution in [0, 0.1) is 6.92 Å². The van der Waals surface area contributed by atoms with Gasteiger partial charge in [0, 0.05) is 17.6 Å². The topological polar surface area (TPSA) is 41.5 Å². The predicted molar refractivity (Wildman–Crippen MR) is 63.6 cm³/mol. The molecule has 0 amide bonds. The van der Waals surface area contributed by atoms with Crippen LogP contribution >= 0.6 is 0 Å². The Labute approximate surface area is 96.4 Å². The first-order valence-corrected chi connectivity index (χ1v) is 5.68. The summed E-state index contributed by atoms with van der Waals surface area (Å²) in [5.74, 6) is 0.909. The molecule has 0 saturated heterocycles. The molecule has 0 heterocycles. The van der Waals surface area contributed by atoms with Crippen LogP contribution in [-0.4, -0.2) is 24.4 Å². The second kappa shape index (κ2) is 4.44. The van der Waals surface area contributed by atoms with Gasteiger partial charge in [0.25, 0.3) is 0 Å². The van der Waals surface area contributed by atoms with Crippen LogP contribution in [0.15, 0.2) is 18.2 Å². The highest BCUT2D eigenvalue weighted by molar-refractivity contribution is 5.37. The largest absolute Gasteiger partial charge is 0.496 e. The van der Waals surface area contributed by atoms with Crippen molar-refractivity contribution in [2.75, 3.05) is 13.7 Å². The summed E-state index contributed by atoms with van der Waals surface area (Å²) >= 11 is 0. The van der Waals surface area contributed by atoms with Crippen molar-refractivity contribution in [2.24, 2.45) is 0 Å². The Bertz CT molecular complexity index is 372. The minimum atomic E-state index is -0.0191. The fraction of sp³-hybridized carbons (Fsp3) is 0.538. The Morgan fingerprint density at radius 3 is 2.75 bits per heavy atom. The number of methoxy groups -OCH3 is 1. The molecule has 1 aromatic carbocycles. The summed E-state index contributed by atoms with van der Waals surface area (Å²) in [4.78, 5) is 0. The van der Waals surface area contributed by atoms with E-state index in [1.54, 1.807) is 7.11 Å². The van der Waals surface area contributed by atoms with E-state index in [0.29, 0.717) is 0 Å². The maximum absolute atomic E-state index is 9.22. The second-order valence-electron chi connectivity index (χ2n) is 4.61. The van der Waals surface area contributed by atoms with Crippen LogP contribution in [0.3, 0.4) is 0 Å². The third-order valence-corrected chi connectivity index (χ3v) is 3.25. The van der Waals surface area contributed by atoms with Gasteiger partial charge in [-0.2, -0.15) is 0 Å². The minimum Gasteiger partial charge on any atom is -0.496 e. The molecule has 0 aliphatic heterocycles. The lowest BCUT2D eigenvalue weighted by molar-refractivity contribution is 0.229. The third-order valence-electron chi connectivity index (χ3n) is 3.25. The number of rotatable bonds is 5. The molecular formula is C13H19NO2. The molecule has 0 radical (unpaired) electrons. The number of hydrogen-bond donors (Lipinski definition) is 2. The second-order valence-corrected chi connectivity index (χ2v) is 4.61. The fourth-order valence-electron chi connectivity index (χ4n) is 1.87. The normalized spacial score (nSPS) is 17.2. The van der Waals surface area contributed by atoms with Crippen LogP contribution < -0.4 is 10.1 Å². The Hall–Kier alpha value is -1.06. The van der Waals surface area contributed by atoms with Gasteiger partial charge in [0.1, 0.15) is 5.75 Å². The van der Waals surface area contributed by atoms with Gasteiger partial charge in [-0.25, -0.2) is 0 Å². The first-order valence-electron chi connectivity index (χ1n) is 5.68. The number of ether oxygens (including phenoxy) is 1. The lowest BCUT2D eigenvalue weighted by atomic mass is 10.1. The van der Waals surface area contributed by atoms with Crippen molar-refractivity contribution in [3.8, 4) is 5.75 Å². The molecular weight excluding hydrogens is 202 g/mol. The van der Waals surface area contributed by atoms with E-state index in [1.165, 1.54) is 5.56 Å². The van der Waals surface area contributed by atoms with Crippen LogP contribution in [0.1, 0.15) is 24.0 Å². The molecule has 0 atom stereocenters. The van der Waals surface area contributed by atoms with Crippen molar-refractivity contribution in [2.45, 2.75) is 31.8 Å². The zero-order chi connectivity index (χ0) is 11.6. The van der Waals surface area contributed by atoms with E-state index in [2.05, 4.69) is 18.3 Å². The molecule has 1 aromatic rings. The van der Waals surface area contributed by atoms with E-state index in [-0.39, 0.29) is 12.1 Å². The summed E-state index contributed by atoms with van der Waals surface area (Å²) < 4.78 is 5.32. The van der Waals surface area contributed by atoms with E-state index < -0.39 is 0 Å². The zero-order valence-electron chi connectivity index (χ0n) is 9.92. The highest BCUT2D eigenvalue weighted by atomic mass is 16.5. The standard InChI is InChI=1S/C13H19NO2/c1-10-3-4-12(16-2)11(7-10)8-14-13(9-15)5-6-13/h3-4,7,14-15H,5-6,8-9H2,1-2H3. The van der Waals surface area contributed by atoms with Gasteiger partial charge >= 0.3 is 0 Å². The van der Waals surface area contributed by atoms with Gasteiger partial charge < -0.3 is 15.2 Å². The molecule has 3 nitrogen and oxygen atoms in total. The lowest BCUT2D eigenvalue weighted by Crippen LogP contribution is -2.34. The molecule has 0 spiro atoms. The third kappa shape index (κ3) is 2.36. The molecule has 2 rings (SSSR count). The van der Waals surface area contributed by atoms with Gasteiger partial charge in [0.05, 0.1) is 13.7 Å². The Morgan fingerprint density at radius 2 is 2.19 bits per heavy atom. The fourth-order valence-corrected chi connectivity index (χ4v) is 1.87. The van der Waals surface area contributed by atoms with Gasteiger partial charge in [-0.15, -0.1) is 0 Å². The van der Waals surface area contributed by atoms with E-state index in [9.17, 15) is 5.11 Å². The summed E-state index contributed by atoms with van der Waals surface area (Å²) in [6, 6.07) is 6.16. The summed E-state index contributed by atoms with van der Waals surface area (Å²) in [7, 11) is 1.69. The molecule has 0 unspecified atom stereocenters. The van der Waals surface area contributed by atoms with Crippen LogP contribution in [0.4, 0.5) is 0 Å². The first-order chi connectivity index (χ1) is 7.69. The Kier molecular flexibility index (Phi) is 3.17. The van der Waals surface area contributed by atoms with E-state index in [1.807, 2.05) is 12.1 Å². The molecule has 0 bridgehead atoms. The molecule has 16 heavy (non-hydrogen) atoms. The van der Waals surface area contributed by atoms with Crippen molar-refractivity contribution in [3.05, 3.63) is 29.3 Å². The first kappa shape index (κ1) is 11.4. The maximum Gasteiger partial charge on any atom is 0.123 e. The van der Waals surface area contributed by atoms with Crippen molar-refractivity contribution in [1.82, 2.24) is 5.32 Å². The van der Waals surface area contributed by atoms with Crippen molar-refractivity contribution < 1.29 is 9.84 Å². The Morgan fingerprint density at radius 1 is 1.44 bits per heavy atom. The van der Waals surface area contributed by atoms with Crippen LogP contribution in [-0.2, 0) is 6.54 Å². The van der Waals surface area contributed by atoms with Crippen molar-refractivity contribution in [3.63, 3.8) is 0 Å². The lowest BCUT2D eigenvalue weighted by Gasteiger charge is -2.16. The van der Waals surface area contributed by atoms with E-state index in [4.69, 9.17) is 4.74 Å². The maximum atomic E-state index is 9.22. The molecule has 88 valence electrons. The highest BCUT2D eigenvalue weighted by Gasteiger charge is 2.41. The summed E-state index contributed by atoms with van der Waals surface area (Å²) in [6.45, 7) is 3.05. The number of nitrogens with one attached hydrogen (secondary N) is 1.